The average molecular weight is 443 g/mol. The van der Waals surface area contributed by atoms with E-state index < -0.39 is 0 Å². The van der Waals surface area contributed by atoms with E-state index in [1.807, 2.05) is 0 Å². The Morgan fingerprint density at radius 2 is 1.07 bits per heavy atom. The lowest BCUT2D eigenvalue weighted by Crippen LogP contribution is -2.14. The Kier molecular flexibility index (Phi) is 7.54. The maximum absolute atomic E-state index is 9.10. The van der Waals surface area contributed by atoms with Crippen molar-refractivity contribution in [1.29, 1.82) is 0 Å². The number of fused-ring (bicyclic) bond motifs is 2. The molecule has 0 aliphatic carbocycles. The predicted octanol–water partition coefficient (Wildman–Crippen LogP) is 8.93. The molecule has 2 aromatic carbocycles. The largest absolute Gasteiger partial charge is 0.355 e. The first-order valence-electron chi connectivity index (χ1n) is 12.1. The summed E-state index contributed by atoms with van der Waals surface area (Å²) in [5.41, 5.74) is 10.4. The highest BCUT2D eigenvalue weighted by molar-refractivity contribution is 7.58. The van der Waals surface area contributed by atoms with Crippen molar-refractivity contribution < 1.29 is 1.37 Å². The molecule has 1 nitrogen and oxygen atoms in total. The molecule has 0 unspecified atom stereocenters. The van der Waals surface area contributed by atoms with Crippen LogP contribution >= 0.6 is 15.8 Å². The minimum absolute atomic E-state index is 0.0886. The van der Waals surface area contributed by atoms with Gasteiger partial charge in [0.1, 0.15) is 0 Å². The van der Waals surface area contributed by atoms with E-state index in [1.54, 1.807) is 0 Å². The van der Waals surface area contributed by atoms with Crippen LogP contribution in [0.4, 0.5) is 11.4 Å². The van der Waals surface area contributed by atoms with Crippen LogP contribution in [0.2, 0.25) is 0 Å². The van der Waals surface area contributed by atoms with Crippen molar-refractivity contribution in [3.63, 3.8) is 0 Å². The molecule has 2 aromatic rings. The zero-order valence-electron chi connectivity index (χ0n) is 21.2. The molecular formula is C27H41NP2. The summed E-state index contributed by atoms with van der Waals surface area (Å²) in [5, 5.41) is 3.88. The van der Waals surface area contributed by atoms with Crippen LogP contribution in [0.25, 0.3) is 0 Å². The molecule has 0 fully saturated rings. The lowest BCUT2D eigenvalue weighted by Gasteiger charge is -2.32. The number of hydrogen-bond acceptors (Lipinski definition) is 1. The summed E-state index contributed by atoms with van der Waals surface area (Å²) in [6.45, 7) is 19.0. The molecule has 164 valence electrons. The van der Waals surface area contributed by atoms with E-state index in [4.69, 9.17) is 1.37 Å². The minimum Gasteiger partial charge on any atom is -0.355 e. The lowest BCUT2D eigenvalue weighted by atomic mass is 9.93. The van der Waals surface area contributed by atoms with Crippen molar-refractivity contribution >= 4 is 27.2 Å². The second-order valence-corrected chi connectivity index (χ2v) is 16.6. The van der Waals surface area contributed by atoms with Gasteiger partial charge in [-0.3, -0.25) is 0 Å². The summed E-state index contributed by atoms with van der Waals surface area (Å²) < 4.78 is 9.10. The molecule has 1 aliphatic rings. The summed E-state index contributed by atoms with van der Waals surface area (Å²) in [6.07, 6.45) is 1.96. The molecule has 0 bridgehead atoms. The van der Waals surface area contributed by atoms with Crippen LogP contribution in [0.3, 0.4) is 0 Å². The fraction of sp³-hybridized carbons (Fsp3) is 0.556. The number of hydrogen-bond donors (Lipinski definition) is 1. The molecule has 1 N–H and O–H groups in total. The monoisotopic (exact) mass is 442 g/mol. The first kappa shape index (κ1) is 22.3. The molecule has 0 saturated carbocycles. The van der Waals surface area contributed by atoms with Gasteiger partial charge >= 0.3 is 0 Å². The van der Waals surface area contributed by atoms with Gasteiger partial charge in [0, 0.05) is 19.1 Å². The zero-order valence-corrected chi connectivity index (χ0v) is 21.9. The first-order chi connectivity index (χ1) is 14.6. The normalized spacial score (nSPS) is 14.7. The predicted molar refractivity (Wildman–Crippen MR) is 141 cm³/mol. The molecule has 0 atom stereocenters. The SMILES string of the molecule is [2H]C1c2cccc(CP(C(C)C)C(C)C)c2Nc2c(CP(C(C)C)C(C)C)cccc21. The Balaban J connectivity index is 2.01. The molecule has 1 aliphatic heterocycles. The van der Waals surface area contributed by atoms with Crippen LogP contribution in [0.1, 0.15) is 79.0 Å². The van der Waals surface area contributed by atoms with Crippen LogP contribution in [-0.4, -0.2) is 22.6 Å². The van der Waals surface area contributed by atoms with Crippen LogP contribution in [0, 0.1) is 0 Å². The van der Waals surface area contributed by atoms with Crippen LogP contribution in [0.5, 0.6) is 0 Å². The summed E-state index contributed by atoms with van der Waals surface area (Å²) in [7, 11) is -0.177. The fourth-order valence-electron chi connectivity index (χ4n) is 4.66. The van der Waals surface area contributed by atoms with E-state index in [-0.39, 0.29) is 22.2 Å². The Morgan fingerprint density at radius 3 is 1.40 bits per heavy atom. The van der Waals surface area contributed by atoms with Crippen LogP contribution < -0.4 is 5.32 Å². The van der Waals surface area contributed by atoms with Gasteiger partial charge in [-0.05, 0) is 57.2 Å². The quantitative estimate of drug-likeness (QED) is 0.402. The van der Waals surface area contributed by atoms with E-state index in [2.05, 4.69) is 97.1 Å². The van der Waals surface area contributed by atoms with Crippen molar-refractivity contribution in [1.82, 2.24) is 0 Å². The Bertz CT molecular complexity index is 803. The highest BCUT2D eigenvalue weighted by Crippen LogP contribution is 2.53. The number of anilines is 2. The van der Waals surface area contributed by atoms with E-state index in [9.17, 15) is 0 Å². The van der Waals surface area contributed by atoms with Gasteiger partial charge in [-0.15, -0.1) is 0 Å². The number of nitrogens with one attached hydrogen (secondary N) is 1. The highest BCUT2D eigenvalue weighted by atomic mass is 31.1. The zero-order chi connectivity index (χ0) is 22.9. The van der Waals surface area contributed by atoms with Crippen molar-refractivity contribution in [3.05, 3.63) is 58.7 Å². The third-order valence-electron chi connectivity index (χ3n) is 6.29. The van der Waals surface area contributed by atoms with Crippen molar-refractivity contribution in [2.45, 2.75) is 96.7 Å². The van der Waals surface area contributed by atoms with Gasteiger partial charge in [-0.1, -0.05) is 108 Å². The molecule has 30 heavy (non-hydrogen) atoms. The second kappa shape index (κ2) is 10.1. The maximum Gasteiger partial charge on any atom is 0.0456 e. The smallest absolute Gasteiger partial charge is 0.0456 e. The molecule has 0 spiro atoms. The van der Waals surface area contributed by atoms with Gasteiger partial charge in [-0.2, -0.15) is 0 Å². The highest BCUT2D eigenvalue weighted by Gasteiger charge is 2.25. The average Bonchev–Trinajstić information content (AvgIpc) is 2.69. The molecule has 0 aromatic heterocycles. The number of rotatable bonds is 8. The molecular weight excluding hydrogens is 400 g/mol. The number of benzene rings is 2. The van der Waals surface area contributed by atoms with Gasteiger partial charge in [-0.25, -0.2) is 0 Å². The second-order valence-electron chi connectivity index (χ2n) is 9.75. The van der Waals surface area contributed by atoms with E-state index >= 15 is 0 Å². The van der Waals surface area contributed by atoms with Gasteiger partial charge < -0.3 is 5.32 Å². The molecule has 0 radical (unpaired) electrons. The Labute approximate surface area is 189 Å². The molecule has 3 rings (SSSR count). The van der Waals surface area contributed by atoms with Gasteiger partial charge in [0.25, 0.3) is 0 Å². The standard InChI is InChI=1S/C27H41NP2/c1-18(2)29(19(3)4)16-24-13-9-11-22-15-23-12-10-14-25(27(23)28-26(22)24)17-30(20(5)6)21(7)8/h9-14,18-21,28H,15-17H2,1-8H3/i15D. The molecule has 0 saturated heterocycles. The number of para-hydroxylation sites is 2. The minimum atomic E-state index is -0.306. The van der Waals surface area contributed by atoms with E-state index in [0.717, 1.165) is 23.5 Å². The topological polar surface area (TPSA) is 12.0 Å². The Hall–Kier alpha value is -0.900. The summed E-state index contributed by atoms with van der Waals surface area (Å²) in [4.78, 5) is 0. The fourth-order valence-corrected chi connectivity index (χ4v) is 9.82. The third-order valence-corrected chi connectivity index (χ3v) is 13.0. The van der Waals surface area contributed by atoms with Crippen molar-refractivity contribution in [2.75, 3.05) is 5.32 Å². The summed E-state index contributed by atoms with van der Waals surface area (Å²) >= 11 is 0. The summed E-state index contributed by atoms with van der Waals surface area (Å²) in [5.74, 6) is 0. The summed E-state index contributed by atoms with van der Waals surface area (Å²) in [6, 6.07) is 13.2. The van der Waals surface area contributed by atoms with Gasteiger partial charge in [0.05, 0.1) is 0 Å². The van der Waals surface area contributed by atoms with Crippen LogP contribution in [-0.2, 0) is 18.7 Å². The van der Waals surface area contributed by atoms with Gasteiger partial charge in [0.2, 0.25) is 0 Å². The van der Waals surface area contributed by atoms with E-state index in [1.165, 1.54) is 22.5 Å². The Morgan fingerprint density at radius 1 is 0.700 bits per heavy atom. The molecule has 0 amide bonds. The maximum atomic E-state index is 9.10. The van der Waals surface area contributed by atoms with Gasteiger partial charge in [0.15, 0.2) is 0 Å². The molecule has 3 heteroatoms. The third kappa shape index (κ3) is 5.29. The molecule has 1 heterocycles. The van der Waals surface area contributed by atoms with E-state index in [0.29, 0.717) is 22.6 Å². The van der Waals surface area contributed by atoms with Crippen molar-refractivity contribution in [3.8, 4) is 0 Å². The van der Waals surface area contributed by atoms with Crippen LogP contribution in [0.15, 0.2) is 36.4 Å². The van der Waals surface area contributed by atoms with Crippen molar-refractivity contribution in [2.24, 2.45) is 0 Å². The lowest BCUT2D eigenvalue weighted by molar-refractivity contribution is 0.992. The first-order valence-corrected chi connectivity index (χ1v) is 14.9.